The Kier molecular flexibility index (Phi) is 2.94. The molecular weight excluding hydrogens is 310 g/mol. The molecule has 24 heavy (non-hydrogen) atoms. The summed E-state index contributed by atoms with van der Waals surface area (Å²) in [5.74, 6) is 0. The van der Waals surface area contributed by atoms with E-state index in [2.05, 4.69) is 67.6 Å². The minimum atomic E-state index is 1.08. The molecule has 0 radical (unpaired) electrons. The van der Waals surface area contributed by atoms with Crippen LogP contribution >= 0.6 is 11.3 Å². The summed E-state index contributed by atoms with van der Waals surface area (Å²) in [7, 11) is 0. The van der Waals surface area contributed by atoms with Gasteiger partial charge < -0.3 is 0 Å². The van der Waals surface area contributed by atoms with Gasteiger partial charge in [-0.2, -0.15) is 0 Å². The van der Waals surface area contributed by atoms with Crippen molar-refractivity contribution >= 4 is 42.3 Å². The standard InChI is InChI=1S/C22H15NS/c1-14-13-23-20(16-8-3-2-4-9-16)22-19(14)18-12-11-15-7-5-6-10-17(15)21(18)24-22/h2-13H,1H3. The van der Waals surface area contributed by atoms with Gasteiger partial charge in [-0.1, -0.05) is 66.7 Å². The average Bonchev–Trinajstić information content (AvgIpc) is 3.03. The van der Waals surface area contributed by atoms with Crippen molar-refractivity contribution in [1.82, 2.24) is 4.98 Å². The van der Waals surface area contributed by atoms with E-state index in [4.69, 9.17) is 4.98 Å². The van der Waals surface area contributed by atoms with Crippen LogP contribution in [0.25, 0.3) is 42.2 Å². The van der Waals surface area contributed by atoms with Gasteiger partial charge in [-0.05, 0) is 23.3 Å². The maximum absolute atomic E-state index is 4.76. The van der Waals surface area contributed by atoms with Crippen LogP contribution in [-0.4, -0.2) is 4.98 Å². The smallest absolute Gasteiger partial charge is 0.0880 e. The molecule has 0 aliphatic carbocycles. The fourth-order valence-corrected chi connectivity index (χ4v) is 4.89. The number of fused-ring (bicyclic) bond motifs is 5. The van der Waals surface area contributed by atoms with E-state index in [9.17, 15) is 0 Å². The Morgan fingerprint density at radius 3 is 2.42 bits per heavy atom. The molecule has 2 aromatic heterocycles. The molecule has 0 amide bonds. The summed E-state index contributed by atoms with van der Waals surface area (Å²) in [6.45, 7) is 2.16. The van der Waals surface area contributed by atoms with E-state index in [0.29, 0.717) is 0 Å². The Bertz CT molecular complexity index is 1200. The quantitative estimate of drug-likeness (QED) is 0.339. The van der Waals surface area contributed by atoms with Gasteiger partial charge in [0.25, 0.3) is 0 Å². The number of aromatic nitrogens is 1. The maximum Gasteiger partial charge on any atom is 0.0880 e. The zero-order valence-corrected chi connectivity index (χ0v) is 14.1. The summed E-state index contributed by atoms with van der Waals surface area (Å²) < 4.78 is 2.64. The van der Waals surface area contributed by atoms with Crippen LogP contribution in [0.3, 0.4) is 0 Å². The Balaban J connectivity index is 1.98. The zero-order chi connectivity index (χ0) is 16.1. The number of hydrogen-bond acceptors (Lipinski definition) is 2. The van der Waals surface area contributed by atoms with Crippen molar-refractivity contribution in [3.63, 3.8) is 0 Å². The molecule has 0 aliphatic rings. The second-order valence-electron chi connectivity index (χ2n) is 6.13. The Labute approximate surface area is 144 Å². The predicted molar refractivity (Wildman–Crippen MR) is 105 cm³/mol. The summed E-state index contributed by atoms with van der Waals surface area (Å²) in [6.07, 6.45) is 2.01. The van der Waals surface area contributed by atoms with Crippen molar-refractivity contribution < 1.29 is 0 Å². The minimum Gasteiger partial charge on any atom is -0.254 e. The molecule has 0 atom stereocenters. The molecule has 0 saturated carbocycles. The highest BCUT2D eigenvalue weighted by molar-refractivity contribution is 7.27. The first-order chi connectivity index (χ1) is 11.8. The van der Waals surface area contributed by atoms with E-state index < -0.39 is 0 Å². The summed E-state index contributed by atoms with van der Waals surface area (Å²) in [6, 6.07) is 23.6. The third kappa shape index (κ3) is 1.90. The Morgan fingerprint density at radius 2 is 1.54 bits per heavy atom. The van der Waals surface area contributed by atoms with Gasteiger partial charge in [0.15, 0.2) is 0 Å². The van der Waals surface area contributed by atoms with Gasteiger partial charge in [-0.15, -0.1) is 11.3 Å². The molecule has 2 heteroatoms. The van der Waals surface area contributed by atoms with Crippen LogP contribution in [0.1, 0.15) is 5.56 Å². The molecule has 0 bridgehead atoms. The molecule has 3 aromatic carbocycles. The lowest BCUT2D eigenvalue weighted by Crippen LogP contribution is -1.85. The molecule has 0 saturated heterocycles. The van der Waals surface area contributed by atoms with Crippen molar-refractivity contribution in [1.29, 1.82) is 0 Å². The summed E-state index contributed by atoms with van der Waals surface area (Å²) >= 11 is 1.86. The van der Waals surface area contributed by atoms with Crippen LogP contribution in [-0.2, 0) is 0 Å². The lowest BCUT2D eigenvalue weighted by Gasteiger charge is -2.04. The van der Waals surface area contributed by atoms with Gasteiger partial charge >= 0.3 is 0 Å². The fourth-order valence-electron chi connectivity index (χ4n) is 3.47. The first kappa shape index (κ1) is 13.7. The van der Waals surface area contributed by atoms with Crippen molar-refractivity contribution in [2.45, 2.75) is 6.92 Å². The lowest BCUT2D eigenvalue weighted by atomic mass is 10.0. The van der Waals surface area contributed by atoms with Gasteiger partial charge in [0, 0.05) is 27.2 Å². The van der Waals surface area contributed by atoms with Crippen LogP contribution in [0.5, 0.6) is 0 Å². The molecule has 2 heterocycles. The largest absolute Gasteiger partial charge is 0.254 e. The molecule has 0 N–H and O–H groups in total. The van der Waals surface area contributed by atoms with Gasteiger partial charge in [0.05, 0.1) is 10.4 Å². The average molecular weight is 325 g/mol. The highest BCUT2D eigenvalue weighted by atomic mass is 32.1. The Morgan fingerprint density at radius 1 is 0.750 bits per heavy atom. The number of rotatable bonds is 1. The van der Waals surface area contributed by atoms with E-state index in [0.717, 1.165) is 5.69 Å². The number of benzene rings is 3. The predicted octanol–water partition coefficient (Wildman–Crippen LogP) is 6.58. The topological polar surface area (TPSA) is 12.9 Å². The second kappa shape index (κ2) is 5.15. The lowest BCUT2D eigenvalue weighted by molar-refractivity contribution is 1.32. The number of aryl methyl sites for hydroxylation is 1. The molecule has 1 nitrogen and oxygen atoms in total. The normalized spacial score (nSPS) is 11.5. The van der Waals surface area contributed by atoms with Crippen molar-refractivity contribution in [2.24, 2.45) is 0 Å². The molecule has 114 valence electrons. The van der Waals surface area contributed by atoms with Gasteiger partial charge in [-0.25, -0.2) is 0 Å². The van der Waals surface area contributed by atoms with Crippen LogP contribution in [0.4, 0.5) is 0 Å². The first-order valence-electron chi connectivity index (χ1n) is 8.08. The zero-order valence-electron chi connectivity index (χ0n) is 13.3. The Hall–Kier alpha value is -2.71. The molecule has 0 aliphatic heterocycles. The summed E-state index contributed by atoms with van der Waals surface area (Å²) in [5.41, 5.74) is 3.51. The molecule has 5 rings (SSSR count). The number of thiophene rings is 1. The van der Waals surface area contributed by atoms with E-state index in [1.54, 1.807) is 0 Å². The highest BCUT2D eigenvalue weighted by Gasteiger charge is 2.15. The van der Waals surface area contributed by atoms with Crippen LogP contribution in [0.15, 0.2) is 72.9 Å². The van der Waals surface area contributed by atoms with E-state index in [-0.39, 0.29) is 0 Å². The summed E-state index contributed by atoms with van der Waals surface area (Å²) in [5, 5.41) is 5.30. The van der Waals surface area contributed by atoms with Gasteiger partial charge in [-0.3, -0.25) is 4.98 Å². The third-order valence-corrected chi connectivity index (χ3v) is 5.87. The van der Waals surface area contributed by atoms with Crippen molar-refractivity contribution in [3.8, 4) is 11.3 Å². The molecule has 0 unspecified atom stereocenters. The van der Waals surface area contributed by atoms with Gasteiger partial charge in [0.1, 0.15) is 0 Å². The number of hydrogen-bond donors (Lipinski definition) is 0. The van der Waals surface area contributed by atoms with E-state index in [1.807, 2.05) is 23.6 Å². The monoisotopic (exact) mass is 325 g/mol. The van der Waals surface area contributed by atoms with E-state index in [1.165, 1.54) is 42.1 Å². The molecule has 0 fully saturated rings. The second-order valence-corrected chi connectivity index (χ2v) is 7.15. The van der Waals surface area contributed by atoms with E-state index >= 15 is 0 Å². The van der Waals surface area contributed by atoms with Crippen molar-refractivity contribution in [3.05, 3.63) is 78.5 Å². The van der Waals surface area contributed by atoms with Crippen LogP contribution < -0.4 is 0 Å². The highest BCUT2D eigenvalue weighted by Crippen LogP contribution is 2.42. The van der Waals surface area contributed by atoms with Crippen molar-refractivity contribution in [2.75, 3.05) is 0 Å². The third-order valence-electron chi connectivity index (χ3n) is 4.62. The SMILES string of the molecule is Cc1cnc(-c2ccccc2)c2sc3c4ccccc4ccc3c12. The number of nitrogens with zero attached hydrogens (tertiary/aromatic N) is 1. The summed E-state index contributed by atoms with van der Waals surface area (Å²) in [4.78, 5) is 4.76. The maximum atomic E-state index is 4.76. The minimum absolute atomic E-state index is 1.08. The van der Waals surface area contributed by atoms with Crippen LogP contribution in [0, 0.1) is 6.92 Å². The molecule has 5 aromatic rings. The number of pyridine rings is 1. The fraction of sp³-hybridized carbons (Fsp3) is 0.0455. The molecular formula is C22H15NS. The molecule has 0 spiro atoms. The first-order valence-corrected chi connectivity index (χ1v) is 8.89. The van der Waals surface area contributed by atoms with Crippen LogP contribution in [0.2, 0.25) is 0 Å². The van der Waals surface area contributed by atoms with Gasteiger partial charge in [0.2, 0.25) is 0 Å².